The SMILES string of the molecule is CC(=O)c1ccc(OCCC(=O)N2CCOCC2)c(N)c1. The number of benzene rings is 1. The van der Waals surface area contributed by atoms with Crippen LogP contribution >= 0.6 is 0 Å². The summed E-state index contributed by atoms with van der Waals surface area (Å²) in [6.07, 6.45) is 0.300. The Kier molecular flexibility index (Phi) is 5.16. The minimum Gasteiger partial charge on any atom is -0.491 e. The number of amides is 1. The lowest BCUT2D eigenvalue weighted by atomic mass is 10.1. The van der Waals surface area contributed by atoms with Crippen LogP contribution in [0, 0.1) is 0 Å². The van der Waals surface area contributed by atoms with Gasteiger partial charge in [0.1, 0.15) is 5.75 Å². The van der Waals surface area contributed by atoms with Crippen LogP contribution in [0.2, 0.25) is 0 Å². The van der Waals surface area contributed by atoms with Crippen molar-refractivity contribution in [2.24, 2.45) is 0 Å². The molecule has 2 N–H and O–H groups in total. The average molecular weight is 292 g/mol. The maximum Gasteiger partial charge on any atom is 0.226 e. The predicted octanol–water partition coefficient (Wildman–Crippen LogP) is 1.10. The van der Waals surface area contributed by atoms with Gasteiger partial charge in [0, 0.05) is 18.7 Å². The highest BCUT2D eigenvalue weighted by atomic mass is 16.5. The first kappa shape index (κ1) is 15.3. The molecule has 0 aromatic heterocycles. The van der Waals surface area contributed by atoms with E-state index in [2.05, 4.69) is 0 Å². The van der Waals surface area contributed by atoms with E-state index >= 15 is 0 Å². The van der Waals surface area contributed by atoms with E-state index in [1.807, 2.05) is 0 Å². The van der Waals surface area contributed by atoms with E-state index < -0.39 is 0 Å². The lowest BCUT2D eigenvalue weighted by molar-refractivity contribution is -0.135. The second kappa shape index (κ2) is 7.08. The summed E-state index contributed by atoms with van der Waals surface area (Å²) in [5.74, 6) is 0.503. The number of Topliss-reactive ketones (excluding diaryl/α,β-unsaturated/α-hetero) is 1. The van der Waals surface area contributed by atoms with Crippen molar-refractivity contribution < 1.29 is 19.1 Å². The Bertz CT molecular complexity index is 524. The van der Waals surface area contributed by atoms with Gasteiger partial charge in [0.15, 0.2) is 5.78 Å². The first-order chi connectivity index (χ1) is 10.1. The van der Waals surface area contributed by atoms with Crippen LogP contribution in [0.3, 0.4) is 0 Å². The lowest BCUT2D eigenvalue weighted by Crippen LogP contribution is -2.41. The smallest absolute Gasteiger partial charge is 0.226 e. The lowest BCUT2D eigenvalue weighted by Gasteiger charge is -2.26. The van der Waals surface area contributed by atoms with Crippen LogP contribution in [-0.4, -0.2) is 49.5 Å². The first-order valence-electron chi connectivity index (χ1n) is 6.96. The topological polar surface area (TPSA) is 81.9 Å². The summed E-state index contributed by atoms with van der Waals surface area (Å²) in [5, 5.41) is 0. The summed E-state index contributed by atoms with van der Waals surface area (Å²) in [5.41, 5.74) is 6.78. The number of nitrogens with two attached hydrogens (primary N) is 1. The third kappa shape index (κ3) is 4.19. The van der Waals surface area contributed by atoms with E-state index in [0.717, 1.165) is 0 Å². The highest BCUT2D eigenvalue weighted by molar-refractivity contribution is 5.95. The molecule has 0 aliphatic carbocycles. The van der Waals surface area contributed by atoms with Crippen LogP contribution in [-0.2, 0) is 9.53 Å². The van der Waals surface area contributed by atoms with Crippen LogP contribution in [0.5, 0.6) is 5.75 Å². The number of rotatable bonds is 5. The Morgan fingerprint density at radius 3 is 2.67 bits per heavy atom. The maximum absolute atomic E-state index is 11.9. The van der Waals surface area contributed by atoms with Gasteiger partial charge in [-0.05, 0) is 25.1 Å². The van der Waals surface area contributed by atoms with Gasteiger partial charge < -0.3 is 20.1 Å². The summed E-state index contributed by atoms with van der Waals surface area (Å²) in [6.45, 7) is 4.19. The second-order valence-electron chi connectivity index (χ2n) is 4.90. The van der Waals surface area contributed by atoms with Crippen molar-refractivity contribution in [3.8, 4) is 5.75 Å². The number of carbonyl (C=O) groups is 2. The Balaban J connectivity index is 1.83. The zero-order chi connectivity index (χ0) is 15.2. The van der Waals surface area contributed by atoms with Crippen molar-refractivity contribution in [2.75, 3.05) is 38.6 Å². The molecular weight excluding hydrogens is 272 g/mol. The van der Waals surface area contributed by atoms with Crippen molar-refractivity contribution in [1.29, 1.82) is 0 Å². The molecule has 0 saturated carbocycles. The molecule has 0 bridgehead atoms. The molecule has 1 aliphatic heterocycles. The normalized spacial score (nSPS) is 14.8. The predicted molar refractivity (Wildman–Crippen MR) is 78.4 cm³/mol. The van der Waals surface area contributed by atoms with Crippen molar-refractivity contribution in [3.63, 3.8) is 0 Å². The van der Waals surface area contributed by atoms with E-state index in [0.29, 0.717) is 49.7 Å². The minimum atomic E-state index is -0.0456. The zero-order valence-corrected chi connectivity index (χ0v) is 12.1. The number of nitrogen functional groups attached to an aromatic ring is 1. The van der Waals surface area contributed by atoms with E-state index in [-0.39, 0.29) is 18.3 Å². The van der Waals surface area contributed by atoms with Gasteiger partial charge >= 0.3 is 0 Å². The average Bonchev–Trinajstić information content (AvgIpc) is 2.49. The number of anilines is 1. The molecule has 6 heteroatoms. The molecular formula is C15H20N2O4. The summed E-state index contributed by atoms with van der Waals surface area (Å²) < 4.78 is 10.7. The van der Waals surface area contributed by atoms with E-state index in [4.69, 9.17) is 15.2 Å². The third-order valence-corrected chi connectivity index (χ3v) is 3.35. The fraction of sp³-hybridized carbons (Fsp3) is 0.467. The van der Waals surface area contributed by atoms with Gasteiger partial charge in [-0.2, -0.15) is 0 Å². The van der Waals surface area contributed by atoms with Gasteiger partial charge in [-0.25, -0.2) is 0 Å². The largest absolute Gasteiger partial charge is 0.491 e. The number of hydrogen-bond donors (Lipinski definition) is 1. The number of hydrogen-bond acceptors (Lipinski definition) is 5. The molecule has 1 saturated heterocycles. The maximum atomic E-state index is 11.9. The fourth-order valence-corrected chi connectivity index (χ4v) is 2.12. The Morgan fingerprint density at radius 1 is 1.33 bits per heavy atom. The molecule has 0 spiro atoms. The van der Waals surface area contributed by atoms with Crippen LogP contribution in [0.15, 0.2) is 18.2 Å². The molecule has 1 aliphatic rings. The highest BCUT2D eigenvalue weighted by Crippen LogP contribution is 2.23. The van der Waals surface area contributed by atoms with Crippen molar-refractivity contribution in [1.82, 2.24) is 4.90 Å². The standard InChI is InChI=1S/C15H20N2O4/c1-11(18)12-2-3-14(13(16)10-12)21-7-4-15(19)17-5-8-20-9-6-17/h2-3,10H,4-9,16H2,1H3. The Morgan fingerprint density at radius 2 is 2.05 bits per heavy atom. The van der Waals surface area contributed by atoms with Crippen molar-refractivity contribution in [2.45, 2.75) is 13.3 Å². The molecule has 0 radical (unpaired) electrons. The number of carbonyl (C=O) groups excluding carboxylic acids is 2. The van der Waals surface area contributed by atoms with Gasteiger partial charge in [-0.15, -0.1) is 0 Å². The number of nitrogens with zero attached hydrogens (tertiary/aromatic N) is 1. The Labute approximate surface area is 123 Å². The summed E-state index contributed by atoms with van der Waals surface area (Å²) in [7, 11) is 0. The fourth-order valence-electron chi connectivity index (χ4n) is 2.12. The molecule has 21 heavy (non-hydrogen) atoms. The van der Waals surface area contributed by atoms with Crippen LogP contribution < -0.4 is 10.5 Å². The summed E-state index contributed by atoms with van der Waals surface area (Å²) in [4.78, 5) is 24.9. The highest BCUT2D eigenvalue weighted by Gasteiger charge is 2.16. The monoisotopic (exact) mass is 292 g/mol. The van der Waals surface area contributed by atoms with Gasteiger partial charge in [-0.3, -0.25) is 9.59 Å². The van der Waals surface area contributed by atoms with Crippen molar-refractivity contribution in [3.05, 3.63) is 23.8 Å². The minimum absolute atomic E-state index is 0.0456. The molecule has 0 unspecified atom stereocenters. The van der Waals surface area contributed by atoms with E-state index in [9.17, 15) is 9.59 Å². The first-order valence-corrected chi connectivity index (χ1v) is 6.96. The number of morpholine rings is 1. The molecule has 1 fully saturated rings. The van der Waals surface area contributed by atoms with E-state index in [1.165, 1.54) is 6.92 Å². The number of ketones is 1. The third-order valence-electron chi connectivity index (χ3n) is 3.35. The molecule has 1 heterocycles. The quantitative estimate of drug-likeness (QED) is 0.649. The van der Waals surface area contributed by atoms with Gasteiger partial charge in [-0.1, -0.05) is 0 Å². The molecule has 114 valence electrons. The van der Waals surface area contributed by atoms with Gasteiger partial charge in [0.2, 0.25) is 5.91 Å². The van der Waals surface area contributed by atoms with E-state index in [1.54, 1.807) is 23.1 Å². The van der Waals surface area contributed by atoms with Crippen LogP contribution in [0.25, 0.3) is 0 Å². The molecule has 2 rings (SSSR count). The molecule has 0 atom stereocenters. The van der Waals surface area contributed by atoms with Crippen LogP contribution in [0.1, 0.15) is 23.7 Å². The summed E-state index contributed by atoms with van der Waals surface area (Å²) in [6, 6.07) is 4.91. The molecule has 6 nitrogen and oxygen atoms in total. The zero-order valence-electron chi connectivity index (χ0n) is 12.1. The molecule has 1 aromatic carbocycles. The number of ether oxygens (including phenoxy) is 2. The Hall–Kier alpha value is -2.08. The van der Waals surface area contributed by atoms with Gasteiger partial charge in [0.05, 0.1) is 31.9 Å². The van der Waals surface area contributed by atoms with Crippen LogP contribution in [0.4, 0.5) is 5.69 Å². The second-order valence-corrected chi connectivity index (χ2v) is 4.90. The van der Waals surface area contributed by atoms with Gasteiger partial charge in [0.25, 0.3) is 0 Å². The van der Waals surface area contributed by atoms with Crippen molar-refractivity contribution >= 4 is 17.4 Å². The summed E-state index contributed by atoms with van der Waals surface area (Å²) >= 11 is 0. The molecule has 1 amide bonds. The molecule has 1 aromatic rings.